The Hall–Kier alpha value is -2.41. The highest BCUT2D eigenvalue weighted by molar-refractivity contribution is 7.10. The number of hydrogen-bond acceptors (Lipinski definition) is 7. The molecule has 1 aromatic heterocycles. The average molecular weight is 487 g/mol. The summed E-state index contributed by atoms with van der Waals surface area (Å²) in [5.74, 6) is 3.20. The van der Waals surface area contributed by atoms with Gasteiger partial charge in [0, 0.05) is 38.2 Å². The van der Waals surface area contributed by atoms with E-state index in [0.29, 0.717) is 32.8 Å². The molecule has 3 rings (SSSR count). The van der Waals surface area contributed by atoms with Gasteiger partial charge in [-0.1, -0.05) is 24.1 Å². The lowest BCUT2D eigenvalue weighted by atomic mass is 10.0. The number of ether oxygens (including phenoxy) is 3. The van der Waals surface area contributed by atoms with Crippen molar-refractivity contribution in [3.8, 4) is 18.1 Å². The van der Waals surface area contributed by atoms with Gasteiger partial charge in [-0.15, -0.1) is 17.8 Å². The molecule has 1 amide bonds. The second-order valence-corrected chi connectivity index (χ2v) is 9.23. The van der Waals surface area contributed by atoms with Gasteiger partial charge in [-0.3, -0.25) is 9.69 Å². The fraction of sp³-hybridized carbons (Fsp3) is 0.500. The van der Waals surface area contributed by atoms with Crippen molar-refractivity contribution in [2.45, 2.75) is 25.0 Å². The van der Waals surface area contributed by atoms with Gasteiger partial charge in [-0.2, -0.15) is 0 Å². The number of amides is 1. The molecule has 0 bridgehead atoms. The number of methoxy groups -OCH3 is 1. The van der Waals surface area contributed by atoms with Crippen LogP contribution in [0.25, 0.3) is 0 Å². The van der Waals surface area contributed by atoms with Crippen LogP contribution in [0.4, 0.5) is 0 Å². The van der Waals surface area contributed by atoms with Gasteiger partial charge in [0.25, 0.3) is 0 Å². The number of fused-ring (bicyclic) bond motifs is 1. The molecule has 0 saturated heterocycles. The molecule has 0 saturated carbocycles. The number of para-hydroxylation sites is 1. The zero-order valence-corrected chi connectivity index (χ0v) is 20.5. The van der Waals surface area contributed by atoms with E-state index in [4.69, 9.17) is 20.6 Å². The summed E-state index contributed by atoms with van der Waals surface area (Å²) in [7, 11) is 1.65. The van der Waals surface area contributed by atoms with Crippen LogP contribution < -0.4 is 4.74 Å². The first kappa shape index (κ1) is 26.2. The van der Waals surface area contributed by atoms with Crippen LogP contribution in [-0.4, -0.2) is 86.6 Å². The number of aliphatic hydroxyl groups is 1. The predicted molar refractivity (Wildman–Crippen MR) is 133 cm³/mol. The Bertz CT molecular complexity index is 913. The van der Waals surface area contributed by atoms with E-state index in [0.717, 1.165) is 24.2 Å². The average Bonchev–Trinajstić information content (AvgIpc) is 3.32. The third-order valence-electron chi connectivity index (χ3n) is 5.71. The minimum absolute atomic E-state index is 0.0210. The quantitative estimate of drug-likeness (QED) is 0.327. The highest BCUT2D eigenvalue weighted by atomic mass is 32.1. The standard InChI is InChI=1S/C26H34N2O5S/c1-3-14-32-19-21(29)17-27(12-7-15-31-2)18-26(30)28-13-10-25-23(11-16-34-25)24(28)20-33-22-8-5-4-6-9-22/h1,4-6,8-9,11,16,21,24,29H,7,10,12-15,17-20H2,2H3. The first-order valence-electron chi connectivity index (χ1n) is 11.6. The fourth-order valence-corrected chi connectivity index (χ4v) is 5.05. The van der Waals surface area contributed by atoms with Crippen LogP contribution in [0.3, 0.4) is 0 Å². The molecule has 0 spiro atoms. The van der Waals surface area contributed by atoms with Crippen LogP contribution in [-0.2, 0) is 20.7 Å². The van der Waals surface area contributed by atoms with E-state index in [1.165, 1.54) is 4.88 Å². The number of carbonyl (C=O) groups is 1. The van der Waals surface area contributed by atoms with Crippen LogP contribution in [0.2, 0.25) is 0 Å². The van der Waals surface area contributed by atoms with E-state index in [1.807, 2.05) is 40.1 Å². The van der Waals surface area contributed by atoms with Gasteiger partial charge in [-0.25, -0.2) is 0 Å². The number of benzene rings is 1. The van der Waals surface area contributed by atoms with E-state index in [1.54, 1.807) is 18.4 Å². The van der Waals surface area contributed by atoms with Gasteiger partial charge in [-0.05, 0) is 42.0 Å². The second kappa shape index (κ2) is 14.1. The van der Waals surface area contributed by atoms with Gasteiger partial charge in [0.2, 0.25) is 5.91 Å². The molecule has 0 radical (unpaired) electrons. The Kier molecular flexibility index (Phi) is 10.9. The lowest BCUT2D eigenvalue weighted by Gasteiger charge is -2.37. The van der Waals surface area contributed by atoms with Crippen LogP contribution in [0.5, 0.6) is 5.75 Å². The largest absolute Gasteiger partial charge is 0.491 e. The zero-order valence-electron chi connectivity index (χ0n) is 19.7. The van der Waals surface area contributed by atoms with Gasteiger partial charge in [0.05, 0.1) is 25.3 Å². The first-order chi connectivity index (χ1) is 16.6. The van der Waals surface area contributed by atoms with E-state index in [9.17, 15) is 9.90 Å². The van der Waals surface area contributed by atoms with E-state index in [-0.39, 0.29) is 31.7 Å². The van der Waals surface area contributed by atoms with Gasteiger partial charge in [0.1, 0.15) is 19.0 Å². The third kappa shape index (κ3) is 7.83. The van der Waals surface area contributed by atoms with Crippen molar-refractivity contribution in [3.63, 3.8) is 0 Å². The highest BCUT2D eigenvalue weighted by Gasteiger charge is 2.33. The molecule has 2 atom stereocenters. The molecule has 1 aliphatic rings. The van der Waals surface area contributed by atoms with Crippen molar-refractivity contribution in [3.05, 3.63) is 52.2 Å². The zero-order chi connectivity index (χ0) is 24.2. The van der Waals surface area contributed by atoms with Crippen molar-refractivity contribution in [1.82, 2.24) is 9.80 Å². The Morgan fingerprint density at radius 2 is 2.18 bits per heavy atom. The molecule has 1 N–H and O–H groups in total. The monoisotopic (exact) mass is 486 g/mol. The number of nitrogens with zero attached hydrogens (tertiary/aromatic N) is 2. The minimum atomic E-state index is -0.731. The molecule has 8 heteroatoms. The smallest absolute Gasteiger partial charge is 0.237 e. The van der Waals surface area contributed by atoms with Crippen LogP contribution in [0.15, 0.2) is 41.8 Å². The van der Waals surface area contributed by atoms with E-state index < -0.39 is 6.10 Å². The second-order valence-electron chi connectivity index (χ2n) is 8.23. The number of hydrogen-bond donors (Lipinski definition) is 1. The van der Waals surface area contributed by atoms with E-state index >= 15 is 0 Å². The number of terminal acetylenes is 1. The van der Waals surface area contributed by atoms with Crippen molar-refractivity contribution in [2.24, 2.45) is 0 Å². The maximum Gasteiger partial charge on any atom is 0.237 e. The highest BCUT2D eigenvalue weighted by Crippen LogP contribution is 2.34. The van der Waals surface area contributed by atoms with E-state index in [2.05, 4.69) is 17.4 Å². The molecule has 2 unspecified atom stereocenters. The van der Waals surface area contributed by atoms with Crippen LogP contribution in [0, 0.1) is 12.3 Å². The summed E-state index contributed by atoms with van der Waals surface area (Å²) in [6.45, 7) is 3.08. The van der Waals surface area contributed by atoms with Crippen LogP contribution >= 0.6 is 11.3 Å². The molecule has 34 heavy (non-hydrogen) atoms. The Labute approximate surface area is 206 Å². The number of rotatable bonds is 14. The normalized spacial score (nSPS) is 16.2. The van der Waals surface area contributed by atoms with Gasteiger partial charge in [0.15, 0.2) is 0 Å². The molecule has 0 fully saturated rings. The number of aliphatic hydroxyl groups excluding tert-OH is 1. The molecular weight excluding hydrogens is 452 g/mol. The molecule has 184 valence electrons. The van der Waals surface area contributed by atoms with Crippen molar-refractivity contribution >= 4 is 17.2 Å². The SMILES string of the molecule is C#CCOCC(O)CN(CCCOC)CC(=O)N1CCc2sccc2C1COc1ccccc1. The van der Waals surface area contributed by atoms with Crippen molar-refractivity contribution < 1.29 is 24.1 Å². The Balaban J connectivity index is 1.66. The van der Waals surface area contributed by atoms with Gasteiger partial charge >= 0.3 is 0 Å². The summed E-state index contributed by atoms with van der Waals surface area (Å²) < 4.78 is 16.5. The maximum atomic E-state index is 13.5. The topological polar surface area (TPSA) is 71.5 Å². The lowest BCUT2D eigenvalue weighted by molar-refractivity contribution is -0.136. The first-order valence-corrected chi connectivity index (χ1v) is 12.4. The molecule has 2 aromatic rings. The van der Waals surface area contributed by atoms with Crippen LogP contribution in [0.1, 0.15) is 22.9 Å². The summed E-state index contributed by atoms with van der Waals surface area (Å²) >= 11 is 1.73. The van der Waals surface area contributed by atoms with Crippen molar-refractivity contribution in [1.29, 1.82) is 0 Å². The third-order valence-corrected chi connectivity index (χ3v) is 6.71. The number of carbonyl (C=O) groups excluding carboxylic acids is 1. The Morgan fingerprint density at radius 1 is 1.35 bits per heavy atom. The molecule has 1 aromatic carbocycles. The minimum Gasteiger partial charge on any atom is -0.491 e. The summed E-state index contributed by atoms with van der Waals surface area (Å²) in [5.41, 5.74) is 1.16. The molecular formula is C26H34N2O5S. The molecule has 0 aliphatic carbocycles. The fourth-order valence-electron chi connectivity index (χ4n) is 4.12. The summed E-state index contributed by atoms with van der Waals surface area (Å²) in [4.78, 5) is 18.7. The summed E-state index contributed by atoms with van der Waals surface area (Å²) in [5, 5.41) is 12.5. The number of thiophene rings is 1. The predicted octanol–water partition coefficient (Wildman–Crippen LogP) is 2.60. The summed E-state index contributed by atoms with van der Waals surface area (Å²) in [6.07, 6.45) is 6.08. The van der Waals surface area contributed by atoms with Crippen molar-refractivity contribution in [2.75, 3.05) is 59.7 Å². The molecule has 2 heterocycles. The molecule has 1 aliphatic heterocycles. The maximum absolute atomic E-state index is 13.5. The Morgan fingerprint density at radius 3 is 2.94 bits per heavy atom. The summed E-state index contributed by atoms with van der Waals surface area (Å²) in [6, 6.07) is 11.6. The van der Waals surface area contributed by atoms with Gasteiger partial charge < -0.3 is 24.2 Å². The lowest BCUT2D eigenvalue weighted by Crippen LogP contribution is -2.48. The molecule has 7 nitrogen and oxygen atoms in total.